The lowest BCUT2D eigenvalue weighted by atomic mass is 10.2. The van der Waals surface area contributed by atoms with E-state index in [0.29, 0.717) is 17.3 Å². The van der Waals surface area contributed by atoms with Crippen LogP contribution in [0.5, 0.6) is 0 Å². The van der Waals surface area contributed by atoms with Crippen LogP contribution in [0.25, 0.3) is 0 Å². The van der Waals surface area contributed by atoms with E-state index >= 15 is 0 Å². The van der Waals surface area contributed by atoms with Crippen LogP contribution >= 0.6 is 0 Å². The van der Waals surface area contributed by atoms with Crippen LogP contribution in [0.1, 0.15) is 19.4 Å². The molecule has 0 unspecified atom stereocenters. The number of benzene rings is 1. The predicted octanol–water partition coefficient (Wildman–Crippen LogP) is 4.93. The highest BCUT2D eigenvalue weighted by atomic mass is 19.4. The van der Waals surface area contributed by atoms with Gasteiger partial charge in [-0.15, -0.1) is 0 Å². The number of nitrogens with one attached hydrogen (secondary N) is 2. The maximum Gasteiger partial charge on any atom is 0.416 e. The molecular formula is C19H17F3N6. The summed E-state index contributed by atoms with van der Waals surface area (Å²) in [5.74, 6) is 1.75. The first-order valence-corrected chi connectivity index (χ1v) is 8.54. The molecule has 9 heteroatoms. The van der Waals surface area contributed by atoms with Gasteiger partial charge in [-0.25, -0.2) is 9.97 Å². The number of nitrogens with zero attached hydrogens (tertiary/aromatic N) is 4. The molecule has 0 radical (unpaired) electrons. The molecule has 4 rings (SSSR count). The van der Waals surface area contributed by atoms with E-state index in [-0.39, 0.29) is 0 Å². The van der Waals surface area contributed by atoms with E-state index in [1.807, 2.05) is 30.9 Å². The summed E-state index contributed by atoms with van der Waals surface area (Å²) in [7, 11) is 0. The van der Waals surface area contributed by atoms with Crippen molar-refractivity contribution in [3.8, 4) is 0 Å². The molecule has 3 aromatic rings. The van der Waals surface area contributed by atoms with E-state index in [9.17, 15) is 13.2 Å². The van der Waals surface area contributed by atoms with Gasteiger partial charge in [0, 0.05) is 11.9 Å². The van der Waals surface area contributed by atoms with Gasteiger partial charge in [0.2, 0.25) is 0 Å². The van der Waals surface area contributed by atoms with Gasteiger partial charge in [0.1, 0.15) is 5.66 Å². The zero-order valence-corrected chi connectivity index (χ0v) is 15.1. The summed E-state index contributed by atoms with van der Waals surface area (Å²) in [5, 5.41) is 6.33. The number of aromatic nitrogens is 3. The Labute approximate surface area is 159 Å². The first kappa shape index (κ1) is 18.0. The largest absolute Gasteiger partial charge is 0.416 e. The zero-order chi connectivity index (χ0) is 19.9. The third kappa shape index (κ3) is 3.30. The van der Waals surface area contributed by atoms with Gasteiger partial charge in [0.15, 0.2) is 17.5 Å². The van der Waals surface area contributed by atoms with Crippen molar-refractivity contribution in [2.45, 2.75) is 25.7 Å². The number of pyridine rings is 1. The summed E-state index contributed by atoms with van der Waals surface area (Å²) in [6, 6.07) is 8.54. The number of rotatable bonds is 3. The summed E-state index contributed by atoms with van der Waals surface area (Å²) in [6.07, 6.45) is 0.485. The Morgan fingerprint density at radius 3 is 2.54 bits per heavy atom. The van der Waals surface area contributed by atoms with Crippen LogP contribution in [-0.4, -0.2) is 20.6 Å². The molecule has 2 N–H and O–H groups in total. The van der Waals surface area contributed by atoms with E-state index in [4.69, 9.17) is 0 Å². The van der Waals surface area contributed by atoms with Crippen LogP contribution in [0.3, 0.4) is 0 Å². The van der Waals surface area contributed by atoms with Gasteiger partial charge in [-0.05, 0) is 50.2 Å². The standard InChI is InChI=1S/C19H17F3N6/c1-18(2)27-17-14(4-3-9-24-17)28(18)16-11-23-10-15(26-16)25-13-7-5-12(6-8-13)19(20,21)22/h3-11H,1-2H3,(H,24,27)(H,25,26). The third-order valence-electron chi connectivity index (χ3n) is 4.35. The van der Waals surface area contributed by atoms with Gasteiger partial charge < -0.3 is 10.6 Å². The van der Waals surface area contributed by atoms with Crippen molar-refractivity contribution in [2.75, 3.05) is 15.5 Å². The Kier molecular flexibility index (Phi) is 4.10. The minimum absolute atomic E-state index is 0.422. The third-order valence-corrected chi connectivity index (χ3v) is 4.35. The number of halogens is 3. The molecule has 1 aromatic carbocycles. The molecular weight excluding hydrogens is 369 g/mol. The van der Waals surface area contributed by atoms with Crippen molar-refractivity contribution in [1.82, 2.24) is 15.0 Å². The van der Waals surface area contributed by atoms with Crippen molar-refractivity contribution in [3.63, 3.8) is 0 Å². The molecule has 0 amide bonds. The van der Waals surface area contributed by atoms with Crippen molar-refractivity contribution >= 4 is 28.8 Å². The summed E-state index contributed by atoms with van der Waals surface area (Å²) in [4.78, 5) is 15.1. The van der Waals surface area contributed by atoms with Crippen molar-refractivity contribution < 1.29 is 13.2 Å². The number of alkyl halides is 3. The van der Waals surface area contributed by atoms with Crippen LogP contribution in [0.2, 0.25) is 0 Å². The molecule has 0 fully saturated rings. The lowest BCUT2D eigenvalue weighted by Gasteiger charge is -2.32. The van der Waals surface area contributed by atoms with Crippen molar-refractivity contribution in [2.24, 2.45) is 0 Å². The quantitative estimate of drug-likeness (QED) is 0.665. The Bertz CT molecular complexity index is 1000. The fraction of sp³-hybridized carbons (Fsp3) is 0.211. The first-order valence-electron chi connectivity index (χ1n) is 8.54. The predicted molar refractivity (Wildman–Crippen MR) is 101 cm³/mol. The van der Waals surface area contributed by atoms with Crippen LogP contribution in [0.15, 0.2) is 55.0 Å². The molecule has 28 heavy (non-hydrogen) atoms. The number of hydrogen-bond donors (Lipinski definition) is 2. The molecule has 2 aromatic heterocycles. The topological polar surface area (TPSA) is 66.0 Å². The van der Waals surface area contributed by atoms with Crippen LogP contribution in [0.4, 0.5) is 42.0 Å². The van der Waals surface area contributed by atoms with E-state index in [2.05, 4.69) is 25.6 Å². The molecule has 0 bridgehead atoms. The van der Waals surface area contributed by atoms with Crippen LogP contribution in [-0.2, 0) is 6.18 Å². The van der Waals surface area contributed by atoms with E-state index in [0.717, 1.165) is 23.6 Å². The normalized spacial score (nSPS) is 15.1. The average Bonchev–Trinajstić information content (AvgIpc) is 2.91. The maximum atomic E-state index is 12.7. The highest BCUT2D eigenvalue weighted by Gasteiger charge is 2.38. The van der Waals surface area contributed by atoms with Gasteiger partial charge in [-0.3, -0.25) is 9.88 Å². The number of anilines is 5. The SMILES string of the molecule is CC1(C)Nc2ncccc2N1c1cncc(Nc2ccc(C(F)(F)F)cc2)n1. The fourth-order valence-electron chi connectivity index (χ4n) is 3.14. The monoisotopic (exact) mass is 386 g/mol. The van der Waals surface area contributed by atoms with E-state index < -0.39 is 17.4 Å². The Morgan fingerprint density at radius 1 is 1.07 bits per heavy atom. The second kappa shape index (κ2) is 6.36. The molecule has 144 valence electrons. The molecule has 0 saturated heterocycles. The Morgan fingerprint density at radius 2 is 1.82 bits per heavy atom. The van der Waals surface area contributed by atoms with Gasteiger partial charge in [-0.1, -0.05) is 0 Å². The minimum Gasteiger partial charge on any atom is -0.346 e. The van der Waals surface area contributed by atoms with Gasteiger partial charge >= 0.3 is 6.18 Å². The highest BCUT2D eigenvalue weighted by molar-refractivity contribution is 5.80. The second-order valence-electron chi connectivity index (χ2n) is 6.85. The Hall–Kier alpha value is -3.36. The van der Waals surface area contributed by atoms with Crippen molar-refractivity contribution in [1.29, 1.82) is 0 Å². The molecule has 0 spiro atoms. The van der Waals surface area contributed by atoms with Gasteiger partial charge in [0.25, 0.3) is 0 Å². The molecule has 0 saturated carbocycles. The lowest BCUT2D eigenvalue weighted by molar-refractivity contribution is -0.137. The fourth-order valence-corrected chi connectivity index (χ4v) is 3.14. The minimum atomic E-state index is -4.37. The molecule has 1 aliphatic rings. The molecule has 0 atom stereocenters. The van der Waals surface area contributed by atoms with E-state index in [1.165, 1.54) is 18.3 Å². The molecule has 1 aliphatic heterocycles. The lowest BCUT2D eigenvalue weighted by Crippen LogP contribution is -2.42. The molecule has 0 aliphatic carbocycles. The molecule has 6 nitrogen and oxygen atoms in total. The average molecular weight is 386 g/mol. The highest BCUT2D eigenvalue weighted by Crippen LogP contribution is 2.42. The first-order chi connectivity index (χ1) is 13.2. The zero-order valence-electron chi connectivity index (χ0n) is 15.1. The van der Waals surface area contributed by atoms with Gasteiger partial charge in [-0.2, -0.15) is 13.2 Å². The van der Waals surface area contributed by atoms with E-state index in [1.54, 1.807) is 12.4 Å². The number of hydrogen-bond acceptors (Lipinski definition) is 6. The van der Waals surface area contributed by atoms with Crippen molar-refractivity contribution in [3.05, 3.63) is 60.6 Å². The van der Waals surface area contributed by atoms with Gasteiger partial charge in [0.05, 0.1) is 23.6 Å². The number of fused-ring (bicyclic) bond motifs is 1. The Balaban J connectivity index is 1.62. The maximum absolute atomic E-state index is 12.7. The second-order valence-corrected chi connectivity index (χ2v) is 6.85. The summed E-state index contributed by atoms with van der Waals surface area (Å²) >= 11 is 0. The summed E-state index contributed by atoms with van der Waals surface area (Å²) < 4.78 is 38.1. The summed E-state index contributed by atoms with van der Waals surface area (Å²) in [6.45, 7) is 3.98. The smallest absolute Gasteiger partial charge is 0.346 e. The van der Waals surface area contributed by atoms with Crippen LogP contribution < -0.4 is 15.5 Å². The molecule has 3 heterocycles. The summed E-state index contributed by atoms with van der Waals surface area (Å²) in [5.41, 5.74) is 0.180. The van der Waals surface area contributed by atoms with Crippen LogP contribution in [0, 0.1) is 0 Å².